The van der Waals surface area contributed by atoms with Gasteiger partial charge < -0.3 is 10.2 Å². The highest BCUT2D eigenvalue weighted by atomic mass is 35.5. The summed E-state index contributed by atoms with van der Waals surface area (Å²) < 4.78 is 0.916. The molecule has 112 valence electrons. The molecule has 1 aromatic heterocycles. The van der Waals surface area contributed by atoms with Gasteiger partial charge in [-0.05, 0) is 49.7 Å². The first-order valence-electron chi connectivity index (χ1n) is 7.36. The summed E-state index contributed by atoms with van der Waals surface area (Å²) in [5, 5.41) is 3.71. The number of benzene rings is 1. The third-order valence-corrected chi connectivity index (χ3v) is 5.33. The van der Waals surface area contributed by atoms with E-state index in [1.54, 1.807) is 11.3 Å². The second-order valence-electron chi connectivity index (χ2n) is 5.91. The van der Waals surface area contributed by atoms with Crippen LogP contribution in [0.15, 0.2) is 30.3 Å². The van der Waals surface area contributed by atoms with Gasteiger partial charge in [-0.25, -0.2) is 0 Å². The Balaban J connectivity index is 1.68. The maximum Gasteiger partial charge on any atom is 0.0934 e. The van der Waals surface area contributed by atoms with Gasteiger partial charge in [0.15, 0.2) is 0 Å². The topological polar surface area (TPSA) is 15.3 Å². The van der Waals surface area contributed by atoms with Crippen LogP contribution in [0.3, 0.4) is 0 Å². The lowest BCUT2D eigenvalue weighted by molar-refractivity contribution is 0.399. The van der Waals surface area contributed by atoms with Crippen LogP contribution in [0, 0.1) is 0 Å². The highest BCUT2D eigenvalue weighted by molar-refractivity contribution is 7.16. The highest BCUT2D eigenvalue weighted by Crippen LogP contribution is 2.39. The molecule has 1 aromatic carbocycles. The molecular weight excluding hydrogens is 300 g/mol. The lowest BCUT2D eigenvalue weighted by Crippen LogP contribution is -2.20. The number of hydrogen-bond acceptors (Lipinski definition) is 3. The zero-order valence-corrected chi connectivity index (χ0v) is 14.1. The lowest BCUT2D eigenvalue weighted by atomic mass is 10.1. The van der Waals surface area contributed by atoms with Crippen molar-refractivity contribution in [3.05, 3.63) is 56.2 Å². The molecule has 1 aliphatic rings. The number of hydrogen-bond donors (Lipinski definition) is 1. The van der Waals surface area contributed by atoms with Crippen molar-refractivity contribution >= 4 is 22.9 Å². The SMILES string of the molecule is CN(C)Cc1ccccc1CNC1CCc2sc(Cl)cc21. The summed E-state index contributed by atoms with van der Waals surface area (Å²) in [4.78, 5) is 3.67. The molecule has 0 aliphatic heterocycles. The molecule has 0 radical (unpaired) electrons. The van der Waals surface area contributed by atoms with Crippen molar-refractivity contribution in [1.29, 1.82) is 0 Å². The van der Waals surface area contributed by atoms with Crippen LogP contribution in [0.4, 0.5) is 0 Å². The van der Waals surface area contributed by atoms with E-state index in [-0.39, 0.29) is 0 Å². The minimum Gasteiger partial charge on any atom is -0.306 e. The number of nitrogens with zero attached hydrogens (tertiary/aromatic N) is 1. The largest absolute Gasteiger partial charge is 0.306 e. The van der Waals surface area contributed by atoms with Crippen molar-refractivity contribution in [3.63, 3.8) is 0 Å². The molecule has 0 fully saturated rings. The third kappa shape index (κ3) is 3.49. The van der Waals surface area contributed by atoms with Crippen LogP contribution in [0.1, 0.15) is 34.0 Å². The average molecular weight is 321 g/mol. The van der Waals surface area contributed by atoms with Crippen LogP contribution in [0.25, 0.3) is 0 Å². The zero-order chi connectivity index (χ0) is 14.8. The summed E-state index contributed by atoms with van der Waals surface area (Å²) in [6, 6.07) is 11.3. The van der Waals surface area contributed by atoms with E-state index in [4.69, 9.17) is 11.6 Å². The monoisotopic (exact) mass is 320 g/mol. The van der Waals surface area contributed by atoms with Crippen LogP contribution in [-0.4, -0.2) is 19.0 Å². The molecule has 4 heteroatoms. The minimum atomic E-state index is 0.455. The first-order chi connectivity index (χ1) is 10.1. The standard InChI is InChI=1S/C17H21ClN2S/c1-20(2)11-13-6-4-3-5-12(13)10-19-15-7-8-16-14(15)9-17(18)21-16/h3-6,9,15,19H,7-8,10-11H2,1-2H3. The van der Waals surface area contributed by atoms with Crippen molar-refractivity contribution in [2.45, 2.75) is 32.0 Å². The number of fused-ring (bicyclic) bond motifs is 1. The number of rotatable bonds is 5. The molecule has 0 saturated carbocycles. The molecule has 0 spiro atoms. The quantitative estimate of drug-likeness (QED) is 0.886. The van der Waals surface area contributed by atoms with Gasteiger partial charge in [-0.3, -0.25) is 0 Å². The van der Waals surface area contributed by atoms with E-state index in [2.05, 4.69) is 54.6 Å². The molecule has 2 aromatic rings. The summed E-state index contributed by atoms with van der Waals surface area (Å²) in [7, 11) is 4.22. The van der Waals surface area contributed by atoms with Gasteiger partial charge in [0, 0.05) is 24.0 Å². The smallest absolute Gasteiger partial charge is 0.0934 e. The van der Waals surface area contributed by atoms with Crippen LogP contribution in [-0.2, 0) is 19.5 Å². The van der Waals surface area contributed by atoms with Crippen molar-refractivity contribution in [2.75, 3.05) is 14.1 Å². The van der Waals surface area contributed by atoms with E-state index in [9.17, 15) is 0 Å². The van der Waals surface area contributed by atoms with E-state index >= 15 is 0 Å². The zero-order valence-electron chi connectivity index (χ0n) is 12.5. The minimum absolute atomic E-state index is 0.455. The maximum absolute atomic E-state index is 6.13. The number of thiophene rings is 1. The molecular formula is C17H21ClN2S. The summed E-state index contributed by atoms with van der Waals surface area (Å²) in [6.45, 7) is 1.90. The second kappa shape index (κ2) is 6.49. The number of aryl methyl sites for hydroxylation is 1. The number of halogens is 1. The van der Waals surface area contributed by atoms with Gasteiger partial charge in [0.1, 0.15) is 0 Å². The van der Waals surface area contributed by atoms with Crippen molar-refractivity contribution in [3.8, 4) is 0 Å². The van der Waals surface area contributed by atoms with Gasteiger partial charge in [0.2, 0.25) is 0 Å². The van der Waals surface area contributed by atoms with Crippen LogP contribution < -0.4 is 5.32 Å². The Morgan fingerprint density at radius 3 is 2.81 bits per heavy atom. The molecule has 1 N–H and O–H groups in total. The second-order valence-corrected chi connectivity index (χ2v) is 7.68. The maximum atomic E-state index is 6.13. The van der Waals surface area contributed by atoms with Gasteiger partial charge in [0.05, 0.1) is 4.34 Å². The molecule has 3 rings (SSSR count). The van der Waals surface area contributed by atoms with E-state index in [1.807, 2.05) is 0 Å². The molecule has 0 saturated heterocycles. The van der Waals surface area contributed by atoms with Gasteiger partial charge in [0.25, 0.3) is 0 Å². The first kappa shape index (κ1) is 15.0. The van der Waals surface area contributed by atoms with Crippen LogP contribution in [0.5, 0.6) is 0 Å². The van der Waals surface area contributed by atoms with E-state index in [1.165, 1.54) is 28.0 Å². The molecule has 0 amide bonds. The average Bonchev–Trinajstić information content (AvgIpc) is 2.97. The predicted molar refractivity (Wildman–Crippen MR) is 91.1 cm³/mol. The lowest BCUT2D eigenvalue weighted by Gasteiger charge is -2.17. The molecule has 21 heavy (non-hydrogen) atoms. The van der Waals surface area contributed by atoms with Gasteiger partial charge in [-0.1, -0.05) is 35.9 Å². The van der Waals surface area contributed by atoms with Gasteiger partial charge in [-0.2, -0.15) is 0 Å². The Kier molecular flexibility index (Phi) is 4.65. The molecule has 1 atom stereocenters. The Bertz CT molecular complexity index is 621. The summed E-state index contributed by atoms with van der Waals surface area (Å²) in [5.74, 6) is 0. The fraction of sp³-hybridized carbons (Fsp3) is 0.412. The van der Waals surface area contributed by atoms with Crippen molar-refractivity contribution in [1.82, 2.24) is 10.2 Å². The third-order valence-electron chi connectivity index (χ3n) is 3.99. The predicted octanol–water partition coefficient (Wildman–Crippen LogP) is 4.24. The molecule has 1 heterocycles. The molecule has 2 nitrogen and oxygen atoms in total. The fourth-order valence-corrected chi connectivity index (χ4v) is 4.36. The van der Waals surface area contributed by atoms with Gasteiger partial charge in [-0.15, -0.1) is 11.3 Å². The van der Waals surface area contributed by atoms with Crippen LogP contribution >= 0.6 is 22.9 Å². The van der Waals surface area contributed by atoms with E-state index < -0.39 is 0 Å². The fourth-order valence-electron chi connectivity index (χ4n) is 3.00. The highest BCUT2D eigenvalue weighted by Gasteiger charge is 2.24. The van der Waals surface area contributed by atoms with Crippen molar-refractivity contribution in [2.24, 2.45) is 0 Å². The Hall–Kier alpha value is -0.870. The summed E-state index contributed by atoms with van der Waals surface area (Å²) in [5.41, 5.74) is 4.20. The first-order valence-corrected chi connectivity index (χ1v) is 8.56. The van der Waals surface area contributed by atoms with Crippen molar-refractivity contribution < 1.29 is 0 Å². The molecule has 0 bridgehead atoms. The Morgan fingerprint density at radius 2 is 2.05 bits per heavy atom. The number of nitrogens with one attached hydrogen (secondary N) is 1. The summed E-state index contributed by atoms with van der Waals surface area (Å²) >= 11 is 7.86. The van der Waals surface area contributed by atoms with E-state index in [0.29, 0.717) is 6.04 Å². The van der Waals surface area contributed by atoms with Gasteiger partial charge >= 0.3 is 0 Å². The Morgan fingerprint density at radius 1 is 1.29 bits per heavy atom. The molecule has 1 aliphatic carbocycles. The Labute approximate surface area is 135 Å². The summed E-state index contributed by atoms with van der Waals surface area (Å²) in [6.07, 6.45) is 2.35. The normalized spacial score (nSPS) is 17.4. The van der Waals surface area contributed by atoms with Crippen LogP contribution in [0.2, 0.25) is 4.34 Å². The van der Waals surface area contributed by atoms with E-state index in [0.717, 1.165) is 23.8 Å². The molecule has 1 unspecified atom stereocenters.